The molecule has 2 aromatic heterocycles. The fraction of sp³-hybridized carbons (Fsp3) is 0.263. The van der Waals surface area contributed by atoms with Crippen molar-refractivity contribution in [3.8, 4) is 5.69 Å². The van der Waals surface area contributed by atoms with Crippen LogP contribution in [0, 0.1) is 0 Å². The molecule has 148 valence electrons. The minimum Gasteiger partial charge on any atom is -0.241 e. The maximum atomic E-state index is 13.0. The molecule has 0 N–H and O–H groups in total. The van der Waals surface area contributed by atoms with Gasteiger partial charge in [-0.2, -0.15) is 4.31 Å². The molecular formula is C19H18N6O2S2. The van der Waals surface area contributed by atoms with Crippen LogP contribution in [0.5, 0.6) is 0 Å². The number of aromatic nitrogens is 5. The molecule has 1 saturated heterocycles. The number of fused-ring (bicyclic) bond motifs is 1. The Morgan fingerprint density at radius 2 is 1.76 bits per heavy atom. The molecule has 0 aliphatic carbocycles. The number of thiazole rings is 1. The first-order valence-electron chi connectivity index (χ1n) is 9.30. The van der Waals surface area contributed by atoms with E-state index >= 15 is 0 Å². The summed E-state index contributed by atoms with van der Waals surface area (Å²) < 4.78 is 30.3. The molecule has 10 heteroatoms. The lowest BCUT2D eigenvalue weighted by molar-refractivity contribution is 0.319. The smallest absolute Gasteiger partial charge is 0.241 e. The molecule has 4 aromatic rings. The van der Waals surface area contributed by atoms with Crippen molar-refractivity contribution in [2.75, 3.05) is 13.1 Å². The van der Waals surface area contributed by atoms with E-state index in [0.29, 0.717) is 24.7 Å². The lowest BCUT2D eigenvalue weighted by Gasteiger charge is -2.30. The van der Waals surface area contributed by atoms with E-state index in [2.05, 4.69) is 21.6 Å². The molecule has 1 fully saturated rings. The molecule has 2 aromatic carbocycles. The van der Waals surface area contributed by atoms with Crippen LogP contribution < -0.4 is 0 Å². The van der Waals surface area contributed by atoms with Crippen LogP contribution in [0.1, 0.15) is 23.8 Å². The molecule has 0 bridgehead atoms. The zero-order valence-electron chi connectivity index (χ0n) is 15.4. The second-order valence-electron chi connectivity index (χ2n) is 6.95. The van der Waals surface area contributed by atoms with Crippen LogP contribution in [-0.4, -0.2) is 51.0 Å². The number of piperidine rings is 1. The van der Waals surface area contributed by atoms with Crippen molar-refractivity contribution in [1.82, 2.24) is 29.5 Å². The SMILES string of the molecule is O=S(=O)(c1ccc(-n2cnnn2)cc1)N1CCC(c2nc3ccccc3s2)CC1. The monoisotopic (exact) mass is 426 g/mol. The summed E-state index contributed by atoms with van der Waals surface area (Å²) in [6.45, 7) is 0.995. The first-order chi connectivity index (χ1) is 14.1. The highest BCUT2D eigenvalue weighted by Gasteiger charge is 2.31. The van der Waals surface area contributed by atoms with E-state index in [9.17, 15) is 8.42 Å². The van der Waals surface area contributed by atoms with Crippen molar-refractivity contribution in [3.63, 3.8) is 0 Å². The van der Waals surface area contributed by atoms with E-state index in [1.54, 1.807) is 39.9 Å². The van der Waals surface area contributed by atoms with Crippen LogP contribution >= 0.6 is 11.3 Å². The van der Waals surface area contributed by atoms with E-state index in [-0.39, 0.29) is 4.90 Å². The fourth-order valence-corrected chi connectivity index (χ4v) is 6.21. The van der Waals surface area contributed by atoms with Crippen molar-refractivity contribution in [3.05, 3.63) is 59.9 Å². The molecule has 8 nitrogen and oxygen atoms in total. The number of sulfonamides is 1. The highest BCUT2D eigenvalue weighted by molar-refractivity contribution is 7.89. The van der Waals surface area contributed by atoms with E-state index < -0.39 is 10.0 Å². The molecule has 1 aliphatic heterocycles. The number of hydrogen-bond acceptors (Lipinski definition) is 7. The Kier molecular flexibility index (Phi) is 4.61. The van der Waals surface area contributed by atoms with Crippen LogP contribution in [0.3, 0.4) is 0 Å². The van der Waals surface area contributed by atoms with Gasteiger partial charge in [0.05, 0.1) is 25.8 Å². The number of tetrazole rings is 1. The number of nitrogens with zero attached hydrogens (tertiary/aromatic N) is 6. The largest absolute Gasteiger partial charge is 0.243 e. The lowest BCUT2D eigenvalue weighted by atomic mass is 9.99. The van der Waals surface area contributed by atoms with Gasteiger partial charge in [-0.15, -0.1) is 16.4 Å². The summed E-state index contributed by atoms with van der Waals surface area (Å²) in [5.74, 6) is 0.307. The number of rotatable bonds is 4. The quantitative estimate of drug-likeness (QED) is 0.498. The van der Waals surface area contributed by atoms with Gasteiger partial charge in [-0.1, -0.05) is 12.1 Å². The van der Waals surface area contributed by atoms with Gasteiger partial charge in [0.15, 0.2) is 0 Å². The molecule has 3 heterocycles. The number of hydrogen-bond donors (Lipinski definition) is 0. The van der Waals surface area contributed by atoms with Gasteiger partial charge in [-0.05, 0) is 59.7 Å². The number of para-hydroxylation sites is 1. The van der Waals surface area contributed by atoms with Crippen LogP contribution in [0.25, 0.3) is 15.9 Å². The van der Waals surface area contributed by atoms with Crippen molar-refractivity contribution in [2.24, 2.45) is 0 Å². The molecule has 1 aliphatic rings. The molecule has 0 saturated carbocycles. The third-order valence-electron chi connectivity index (χ3n) is 5.20. The topological polar surface area (TPSA) is 93.9 Å². The van der Waals surface area contributed by atoms with Crippen molar-refractivity contribution < 1.29 is 8.42 Å². The first kappa shape index (κ1) is 18.3. The first-order valence-corrected chi connectivity index (χ1v) is 11.6. The van der Waals surface area contributed by atoms with Crippen molar-refractivity contribution in [2.45, 2.75) is 23.7 Å². The summed E-state index contributed by atoms with van der Waals surface area (Å²) >= 11 is 1.71. The van der Waals surface area contributed by atoms with Gasteiger partial charge in [0.25, 0.3) is 0 Å². The molecule has 0 amide bonds. The van der Waals surface area contributed by atoms with Gasteiger partial charge in [0.1, 0.15) is 6.33 Å². The minimum atomic E-state index is -3.52. The summed E-state index contributed by atoms with van der Waals surface area (Å²) in [4.78, 5) is 5.03. The van der Waals surface area contributed by atoms with Crippen LogP contribution in [0.2, 0.25) is 0 Å². The standard InChI is InChI=1S/C19H18N6O2S2/c26-29(27,16-7-5-15(6-8-16)25-13-20-22-23-25)24-11-9-14(10-12-24)19-21-17-3-1-2-4-18(17)28-19/h1-8,13-14H,9-12H2. The summed E-state index contributed by atoms with van der Waals surface area (Å²) in [6, 6.07) is 14.7. The summed E-state index contributed by atoms with van der Waals surface area (Å²) in [7, 11) is -3.52. The molecule has 0 atom stereocenters. The second-order valence-corrected chi connectivity index (χ2v) is 9.95. The Balaban J connectivity index is 1.30. The Morgan fingerprint density at radius 3 is 2.45 bits per heavy atom. The Labute approximate surface area is 171 Å². The summed E-state index contributed by atoms with van der Waals surface area (Å²) in [5, 5.41) is 12.1. The van der Waals surface area contributed by atoms with E-state index in [1.165, 1.54) is 15.7 Å². The van der Waals surface area contributed by atoms with Gasteiger partial charge in [0, 0.05) is 19.0 Å². The third-order valence-corrected chi connectivity index (χ3v) is 8.31. The highest BCUT2D eigenvalue weighted by Crippen LogP contribution is 2.35. The second kappa shape index (κ2) is 7.29. The van der Waals surface area contributed by atoms with Gasteiger partial charge in [-0.3, -0.25) is 0 Å². The average molecular weight is 427 g/mol. The Morgan fingerprint density at radius 1 is 1.00 bits per heavy atom. The van der Waals surface area contributed by atoms with Gasteiger partial charge in [0.2, 0.25) is 10.0 Å². The Bertz CT molecular complexity index is 1190. The van der Waals surface area contributed by atoms with E-state index in [0.717, 1.165) is 23.4 Å². The Hall–Kier alpha value is -2.69. The fourth-order valence-electron chi connectivity index (χ4n) is 3.61. The van der Waals surface area contributed by atoms with E-state index in [4.69, 9.17) is 4.98 Å². The maximum Gasteiger partial charge on any atom is 0.243 e. The van der Waals surface area contributed by atoms with Gasteiger partial charge in [-0.25, -0.2) is 18.1 Å². The molecule has 0 unspecified atom stereocenters. The normalized spacial score (nSPS) is 16.4. The molecular weight excluding hydrogens is 408 g/mol. The number of benzene rings is 2. The maximum absolute atomic E-state index is 13.0. The van der Waals surface area contributed by atoms with Crippen molar-refractivity contribution in [1.29, 1.82) is 0 Å². The zero-order valence-corrected chi connectivity index (χ0v) is 17.1. The average Bonchev–Trinajstić information content (AvgIpc) is 3.44. The third kappa shape index (κ3) is 3.43. The minimum absolute atomic E-state index is 0.285. The lowest BCUT2D eigenvalue weighted by Crippen LogP contribution is -2.37. The molecule has 29 heavy (non-hydrogen) atoms. The predicted molar refractivity (Wildman–Crippen MR) is 110 cm³/mol. The van der Waals surface area contributed by atoms with Gasteiger partial charge < -0.3 is 0 Å². The summed E-state index contributed by atoms with van der Waals surface area (Å²) in [5.41, 5.74) is 1.73. The zero-order chi connectivity index (χ0) is 19.8. The molecule has 5 rings (SSSR count). The summed E-state index contributed by atoms with van der Waals surface area (Å²) in [6.07, 6.45) is 3.03. The predicted octanol–water partition coefficient (Wildman–Crippen LogP) is 2.84. The van der Waals surface area contributed by atoms with Crippen LogP contribution in [0.4, 0.5) is 0 Å². The molecule has 0 spiro atoms. The highest BCUT2D eigenvalue weighted by atomic mass is 32.2. The van der Waals surface area contributed by atoms with Crippen molar-refractivity contribution >= 4 is 31.6 Å². The van der Waals surface area contributed by atoms with Crippen LogP contribution in [0.15, 0.2) is 59.8 Å². The van der Waals surface area contributed by atoms with E-state index in [1.807, 2.05) is 18.2 Å². The van der Waals surface area contributed by atoms with Crippen LogP contribution in [-0.2, 0) is 10.0 Å². The molecule has 0 radical (unpaired) electrons. The van der Waals surface area contributed by atoms with Gasteiger partial charge >= 0.3 is 0 Å².